The van der Waals surface area contributed by atoms with Crippen LogP contribution in [0.25, 0.3) is 0 Å². The second kappa shape index (κ2) is 12.2. The number of carboxylic acids is 1. The number of aliphatic carboxylic acids is 1. The first-order valence-electron chi connectivity index (χ1n) is 13.2. The summed E-state index contributed by atoms with van der Waals surface area (Å²) in [6.07, 6.45) is 10.6. The maximum absolute atomic E-state index is 12.9. The molecule has 0 aliphatic heterocycles. The van der Waals surface area contributed by atoms with Gasteiger partial charge in [-0.25, -0.2) is 9.78 Å². The van der Waals surface area contributed by atoms with E-state index >= 15 is 0 Å². The molecule has 0 spiro atoms. The van der Waals surface area contributed by atoms with E-state index in [1.54, 1.807) is 11.8 Å². The van der Waals surface area contributed by atoms with E-state index in [1.807, 2.05) is 14.1 Å². The highest BCUT2D eigenvalue weighted by Gasteiger charge is 2.31. The highest BCUT2D eigenvalue weighted by atomic mass is 35.5. The Morgan fingerprint density at radius 2 is 2.00 bits per heavy atom. The average Bonchev–Trinajstić information content (AvgIpc) is 2.83. The SMILES string of the molecule is Cc1c(N(C)C)ncc(Cl)c1C(=O)N[C@@H](CCOC1CC(CCc2ccc3c(n2)CCCC3)C1)C(=O)O. The summed E-state index contributed by atoms with van der Waals surface area (Å²) in [5, 5.41) is 12.4. The maximum Gasteiger partial charge on any atom is 0.326 e. The van der Waals surface area contributed by atoms with E-state index < -0.39 is 17.9 Å². The van der Waals surface area contributed by atoms with Crippen LogP contribution in [0.1, 0.15) is 71.4 Å². The molecule has 2 aliphatic carbocycles. The Labute approximate surface area is 223 Å². The van der Waals surface area contributed by atoms with E-state index in [0.29, 0.717) is 17.3 Å². The van der Waals surface area contributed by atoms with Crippen LogP contribution in [0.2, 0.25) is 5.02 Å². The van der Waals surface area contributed by atoms with Gasteiger partial charge in [-0.3, -0.25) is 9.78 Å². The van der Waals surface area contributed by atoms with Crippen molar-refractivity contribution in [1.82, 2.24) is 15.3 Å². The molecular formula is C28H37ClN4O4. The van der Waals surface area contributed by atoms with Crippen molar-refractivity contribution in [1.29, 1.82) is 0 Å². The number of hydrogen-bond acceptors (Lipinski definition) is 6. The molecule has 8 nitrogen and oxygen atoms in total. The number of amides is 1. The second-order valence-corrected chi connectivity index (χ2v) is 10.9. The molecule has 0 saturated heterocycles. The minimum atomic E-state index is -1.10. The summed E-state index contributed by atoms with van der Waals surface area (Å²) in [6.45, 7) is 2.02. The number of nitrogens with one attached hydrogen (secondary N) is 1. The summed E-state index contributed by atoms with van der Waals surface area (Å²) >= 11 is 6.23. The number of nitrogens with zero attached hydrogens (tertiary/aromatic N) is 3. The summed E-state index contributed by atoms with van der Waals surface area (Å²) in [5.74, 6) is -0.413. The molecule has 1 amide bonds. The van der Waals surface area contributed by atoms with Gasteiger partial charge in [-0.2, -0.15) is 0 Å². The molecule has 1 fully saturated rings. The van der Waals surface area contributed by atoms with Gasteiger partial charge in [0.25, 0.3) is 5.91 Å². The predicted octanol–water partition coefficient (Wildman–Crippen LogP) is 4.38. The van der Waals surface area contributed by atoms with Crippen molar-refractivity contribution in [3.63, 3.8) is 0 Å². The van der Waals surface area contributed by atoms with Gasteiger partial charge in [0.2, 0.25) is 0 Å². The summed E-state index contributed by atoms with van der Waals surface area (Å²) in [5.41, 5.74) is 4.73. The molecule has 2 N–H and O–H groups in total. The van der Waals surface area contributed by atoms with Gasteiger partial charge < -0.3 is 20.1 Å². The van der Waals surface area contributed by atoms with Crippen LogP contribution in [-0.2, 0) is 28.8 Å². The third-order valence-corrected chi connectivity index (χ3v) is 7.79. The lowest BCUT2D eigenvalue weighted by molar-refractivity contribution is -0.140. The largest absolute Gasteiger partial charge is 0.480 e. The highest BCUT2D eigenvalue weighted by molar-refractivity contribution is 6.34. The zero-order valence-corrected chi connectivity index (χ0v) is 22.7. The van der Waals surface area contributed by atoms with Gasteiger partial charge in [-0.15, -0.1) is 0 Å². The number of aryl methyl sites for hydroxylation is 3. The standard InChI is InChI=1S/C28H37ClN4O4/c1-17-25(22(29)16-30-26(17)33(2)3)27(34)32-24(28(35)36)12-13-37-21-14-18(15-21)8-10-20-11-9-19-6-4-5-7-23(19)31-20/h9,11,16,18,21,24H,4-8,10,12-15H2,1-3H3,(H,32,34)(H,35,36)/t18?,21?,24-/m0/s1. The second-order valence-electron chi connectivity index (χ2n) is 10.5. The highest BCUT2D eigenvalue weighted by Crippen LogP contribution is 2.34. The van der Waals surface area contributed by atoms with Crippen LogP contribution in [-0.4, -0.2) is 59.8 Å². The van der Waals surface area contributed by atoms with Gasteiger partial charge in [0.05, 0.1) is 16.7 Å². The van der Waals surface area contributed by atoms with Crippen molar-refractivity contribution in [3.05, 3.63) is 51.4 Å². The van der Waals surface area contributed by atoms with Crippen molar-refractivity contribution in [3.8, 4) is 0 Å². The Bertz CT molecular complexity index is 1130. The fraction of sp³-hybridized carbons (Fsp3) is 0.571. The van der Waals surface area contributed by atoms with E-state index in [1.165, 1.54) is 36.0 Å². The molecule has 0 radical (unpaired) electrons. The Morgan fingerprint density at radius 3 is 2.73 bits per heavy atom. The van der Waals surface area contributed by atoms with Crippen molar-refractivity contribution in [2.45, 2.75) is 76.9 Å². The number of fused-ring (bicyclic) bond motifs is 1. The molecule has 2 aliphatic rings. The fourth-order valence-corrected chi connectivity index (χ4v) is 5.58. The van der Waals surface area contributed by atoms with Crippen LogP contribution >= 0.6 is 11.6 Å². The number of anilines is 1. The lowest BCUT2D eigenvalue weighted by Crippen LogP contribution is -2.42. The summed E-state index contributed by atoms with van der Waals surface area (Å²) in [7, 11) is 3.64. The average molecular weight is 529 g/mol. The molecule has 1 atom stereocenters. The molecular weight excluding hydrogens is 492 g/mol. The lowest BCUT2D eigenvalue weighted by atomic mass is 9.79. The van der Waals surface area contributed by atoms with E-state index in [4.69, 9.17) is 21.3 Å². The molecule has 37 heavy (non-hydrogen) atoms. The molecule has 4 rings (SSSR count). The molecule has 0 unspecified atom stereocenters. The van der Waals surface area contributed by atoms with Crippen LogP contribution < -0.4 is 10.2 Å². The quantitative estimate of drug-likeness (QED) is 0.446. The number of aromatic nitrogens is 2. The van der Waals surface area contributed by atoms with Gasteiger partial charge in [0.15, 0.2) is 0 Å². The first-order chi connectivity index (χ1) is 17.7. The molecule has 2 heterocycles. The normalized spacial score (nSPS) is 19.5. The molecule has 2 aromatic heterocycles. The van der Waals surface area contributed by atoms with Crippen molar-refractivity contribution in [2.75, 3.05) is 25.6 Å². The summed E-state index contributed by atoms with van der Waals surface area (Å²) in [4.78, 5) is 35.6. The lowest BCUT2D eigenvalue weighted by Gasteiger charge is -2.35. The number of pyridine rings is 2. The Morgan fingerprint density at radius 1 is 1.24 bits per heavy atom. The molecule has 2 aromatic rings. The maximum atomic E-state index is 12.9. The molecule has 1 saturated carbocycles. The van der Waals surface area contributed by atoms with E-state index in [0.717, 1.165) is 38.5 Å². The van der Waals surface area contributed by atoms with E-state index in [2.05, 4.69) is 22.4 Å². The molecule has 0 aromatic carbocycles. The van der Waals surface area contributed by atoms with Gasteiger partial charge in [0.1, 0.15) is 11.9 Å². The van der Waals surface area contributed by atoms with Crippen LogP contribution in [0.3, 0.4) is 0 Å². The van der Waals surface area contributed by atoms with Gasteiger partial charge in [-0.05, 0) is 75.8 Å². The number of halogens is 1. The summed E-state index contributed by atoms with van der Waals surface area (Å²) in [6, 6.07) is 3.37. The van der Waals surface area contributed by atoms with Gasteiger partial charge in [-0.1, -0.05) is 17.7 Å². The van der Waals surface area contributed by atoms with Crippen LogP contribution in [0.15, 0.2) is 18.3 Å². The van der Waals surface area contributed by atoms with E-state index in [9.17, 15) is 14.7 Å². The molecule has 0 bridgehead atoms. The van der Waals surface area contributed by atoms with E-state index in [-0.39, 0.29) is 29.7 Å². The molecule has 200 valence electrons. The number of rotatable bonds is 11. The predicted molar refractivity (Wildman–Crippen MR) is 143 cm³/mol. The molecule has 9 heteroatoms. The minimum Gasteiger partial charge on any atom is -0.480 e. The zero-order valence-electron chi connectivity index (χ0n) is 21.9. The Kier molecular flexibility index (Phi) is 9.03. The van der Waals surface area contributed by atoms with Gasteiger partial charge >= 0.3 is 5.97 Å². The van der Waals surface area contributed by atoms with Crippen LogP contribution in [0, 0.1) is 12.8 Å². The number of carbonyl (C=O) groups excluding carboxylic acids is 1. The fourth-order valence-electron chi connectivity index (χ4n) is 5.31. The minimum absolute atomic E-state index is 0.145. The third-order valence-electron chi connectivity index (χ3n) is 7.50. The van der Waals surface area contributed by atoms with Gasteiger partial charge in [0, 0.05) is 50.3 Å². The van der Waals surface area contributed by atoms with Crippen LogP contribution in [0.4, 0.5) is 5.82 Å². The van der Waals surface area contributed by atoms with Crippen molar-refractivity contribution < 1.29 is 19.4 Å². The number of carbonyl (C=O) groups is 2. The third kappa shape index (κ3) is 6.79. The Hall–Kier alpha value is -2.71. The van der Waals surface area contributed by atoms with Crippen LogP contribution in [0.5, 0.6) is 0 Å². The number of carboxylic acid groups (broad SMARTS) is 1. The topological polar surface area (TPSA) is 105 Å². The first kappa shape index (κ1) is 27.3. The summed E-state index contributed by atoms with van der Waals surface area (Å²) < 4.78 is 5.93. The monoisotopic (exact) mass is 528 g/mol. The number of hydrogen-bond donors (Lipinski definition) is 2. The smallest absolute Gasteiger partial charge is 0.326 e. The van der Waals surface area contributed by atoms with Crippen molar-refractivity contribution >= 4 is 29.3 Å². The number of ether oxygens (including phenoxy) is 1. The first-order valence-corrected chi connectivity index (χ1v) is 13.6. The van der Waals surface area contributed by atoms with Crippen molar-refractivity contribution in [2.24, 2.45) is 5.92 Å². The Balaban J connectivity index is 1.20. The zero-order chi connectivity index (χ0) is 26.5.